The van der Waals surface area contributed by atoms with Gasteiger partial charge in [0.1, 0.15) is 5.75 Å². The summed E-state index contributed by atoms with van der Waals surface area (Å²) in [6.07, 6.45) is -3.59. The number of carbonyl (C=O) groups excluding carboxylic acids is 1. The Balaban J connectivity index is 1.60. The van der Waals surface area contributed by atoms with E-state index in [-0.39, 0.29) is 12.3 Å². The molecule has 0 spiro atoms. The first-order valence-electron chi connectivity index (χ1n) is 8.84. The van der Waals surface area contributed by atoms with Gasteiger partial charge in [-0.05, 0) is 55.3 Å². The maximum absolute atomic E-state index is 12.6. The minimum absolute atomic E-state index is 0.261. The number of nitrogens with zero attached hydrogens (tertiary/aromatic N) is 1. The molecule has 0 saturated carbocycles. The topological polar surface area (TPSA) is 76.7 Å². The number of benzene rings is 2. The van der Waals surface area contributed by atoms with Crippen LogP contribution in [-0.2, 0) is 16.5 Å². The monoisotopic (exact) mass is 423 g/mol. The lowest BCUT2D eigenvalue weighted by atomic mass is 9.90. The van der Waals surface area contributed by atoms with Gasteiger partial charge in [0.05, 0.1) is 11.1 Å². The van der Waals surface area contributed by atoms with Crippen molar-refractivity contribution < 1.29 is 22.7 Å². The van der Waals surface area contributed by atoms with Crippen LogP contribution < -0.4 is 15.8 Å². The second-order valence-electron chi connectivity index (χ2n) is 6.76. The molecular weight excluding hydrogens is 403 g/mol. The zero-order valence-electron chi connectivity index (χ0n) is 15.6. The highest BCUT2D eigenvalue weighted by Crippen LogP contribution is 2.36. The summed E-state index contributed by atoms with van der Waals surface area (Å²) in [6.45, 7) is 1.72. The van der Waals surface area contributed by atoms with Crippen molar-refractivity contribution in [1.29, 1.82) is 0 Å². The fraction of sp³-hybridized carbons (Fsp3) is 0.300. The number of alkyl halides is 3. The molecule has 0 bridgehead atoms. The molecule has 0 radical (unpaired) electrons. The molecule has 154 valence electrons. The molecule has 1 atom stereocenters. The summed E-state index contributed by atoms with van der Waals surface area (Å²) in [7, 11) is 0. The van der Waals surface area contributed by atoms with Crippen molar-refractivity contribution in [2.75, 3.05) is 17.7 Å². The number of rotatable bonds is 5. The Labute approximate surface area is 170 Å². The highest BCUT2D eigenvalue weighted by atomic mass is 32.2. The van der Waals surface area contributed by atoms with E-state index < -0.39 is 23.2 Å². The zero-order valence-corrected chi connectivity index (χ0v) is 16.4. The molecule has 1 aliphatic heterocycles. The molecule has 1 heterocycles. The van der Waals surface area contributed by atoms with E-state index in [1.54, 1.807) is 6.07 Å². The molecule has 1 amide bonds. The predicted molar refractivity (Wildman–Crippen MR) is 108 cm³/mol. The van der Waals surface area contributed by atoms with Crippen molar-refractivity contribution in [1.82, 2.24) is 0 Å². The highest BCUT2D eigenvalue weighted by Gasteiger charge is 2.30. The van der Waals surface area contributed by atoms with Gasteiger partial charge in [0.25, 0.3) is 5.91 Å². The summed E-state index contributed by atoms with van der Waals surface area (Å²) >= 11 is 1.52. The van der Waals surface area contributed by atoms with Crippen LogP contribution in [0.5, 0.6) is 5.75 Å². The van der Waals surface area contributed by atoms with Crippen LogP contribution in [-0.4, -0.2) is 23.4 Å². The molecule has 9 heteroatoms. The van der Waals surface area contributed by atoms with Crippen LogP contribution in [0.25, 0.3) is 0 Å². The van der Waals surface area contributed by atoms with Crippen LogP contribution in [0.3, 0.4) is 0 Å². The van der Waals surface area contributed by atoms with Gasteiger partial charge in [-0.3, -0.25) is 9.79 Å². The third kappa shape index (κ3) is 5.44. The number of anilines is 1. The lowest BCUT2D eigenvalue weighted by molar-refractivity contribution is -0.137. The lowest BCUT2D eigenvalue weighted by Gasteiger charge is -2.30. The number of aliphatic imine (C=N–C) groups is 1. The average Bonchev–Trinajstić information content (AvgIpc) is 2.66. The third-order valence-corrected chi connectivity index (χ3v) is 5.31. The Morgan fingerprint density at radius 1 is 1.28 bits per heavy atom. The fourth-order valence-electron chi connectivity index (χ4n) is 2.90. The van der Waals surface area contributed by atoms with E-state index in [1.807, 2.05) is 25.1 Å². The number of amidine groups is 1. The Bertz CT molecular complexity index is 916. The molecule has 0 aromatic heterocycles. The van der Waals surface area contributed by atoms with Gasteiger partial charge in [0, 0.05) is 11.4 Å². The van der Waals surface area contributed by atoms with Gasteiger partial charge in [-0.25, -0.2) is 0 Å². The number of nitrogens with one attached hydrogen (secondary N) is 1. The van der Waals surface area contributed by atoms with Gasteiger partial charge in [-0.2, -0.15) is 13.2 Å². The van der Waals surface area contributed by atoms with Gasteiger partial charge in [0.2, 0.25) is 0 Å². The molecule has 2 aromatic rings. The van der Waals surface area contributed by atoms with E-state index >= 15 is 0 Å². The molecule has 0 aliphatic carbocycles. The van der Waals surface area contributed by atoms with Gasteiger partial charge >= 0.3 is 6.18 Å². The lowest BCUT2D eigenvalue weighted by Crippen LogP contribution is -2.28. The Hall–Kier alpha value is -2.68. The van der Waals surface area contributed by atoms with E-state index in [4.69, 9.17) is 10.5 Å². The normalized spacial score (nSPS) is 19.4. The van der Waals surface area contributed by atoms with Crippen molar-refractivity contribution in [3.8, 4) is 5.75 Å². The minimum Gasteiger partial charge on any atom is -0.484 e. The number of nitrogens with two attached hydrogens (primary N) is 1. The van der Waals surface area contributed by atoms with E-state index in [2.05, 4.69) is 10.3 Å². The summed E-state index contributed by atoms with van der Waals surface area (Å²) in [5.74, 6) is 0.892. The fourth-order valence-corrected chi connectivity index (χ4v) is 3.88. The van der Waals surface area contributed by atoms with Gasteiger partial charge in [-0.15, -0.1) is 0 Å². The Morgan fingerprint density at radius 3 is 2.66 bits per heavy atom. The van der Waals surface area contributed by atoms with Crippen LogP contribution in [0.2, 0.25) is 0 Å². The molecule has 1 aliphatic rings. The summed E-state index contributed by atoms with van der Waals surface area (Å²) in [5.41, 5.74) is 5.83. The standard InChI is InChI=1S/C20H20F3N3O2S/c1-19(9-10-29-18(24)26-19)14-3-2-4-16(11-14)28-12-17(27)25-15-7-5-13(6-8-15)20(21,22)23/h2-8,11H,9-10,12H2,1H3,(H2,24,26)(H,25,27). The average molecular weight is 423 g/mol. The van der Waals surface area contributed by atoms with Gasteiger partial charge in [-0.1, -0.05) is 23.9 Å². The maximum Gasteiger partial charge on any atom is 0.416 e. The first kappa shape index (κ1) is 21.0. The zero-order chi connectivity index (χ0) is 21.1. The van der Waals surface area contributed by atoms with Gasteiger partial charge in [0.15, 0.2) is 11.8 Å². The van der Waals surface area contributed by atoms with Crippen LogP contribution in [0.15, 0.2) is 53.5 Å². The smallest absolute Gasteiger partial charge is 0.416 e. The molecule has 3 N–H and O–H groups in total. The minimum atomic E-state index is -4.42. The first-order valence-corrected chi connectivity index (χ1v) is 9.83. The van der Waals surface area contributed by atoms with E-state index in [1.165, 1.54) is 23.9 Å². The number of amides is 1. The molecule has 29 heavy (non-hydrogen) atoms. The van der Waals surface area contributed by atoms with Crippen LogP contribution in [0.1, 0.15) is 24.5 Å². The van der Waals surface area contributed by atoms with Crippen molar-refractivity contribution in [3.05, 3.63) is 59.7 Å². The second-order valence-corrected chi connectivity index (χ2v) is 7.88. The largest absolute Gasteiger partial charge is 0.484 e. The third-order valence-electron chi connectivity index (χ3n) is 4.52. The number of hydrogen-bond donors (Lipinski definition) is 2. The van der Waals surface area contributed by atoms with Crippen LogP contribution >= 0.6 is 11.8 Å². The quantitative estimate of drug-likeness (QED) is 0.748. The molecule has 0 fully saturated rings. The molecule has 5 nitrogen and oxygen atoms in total. The summed E-state index contributed by atoms with van der Waals surface area (Å²) in [6, 6.07) is 11.5. The SMILES string of the molecule is CC1(c2cccc(OCC(=O)Nc3ccc(C(F)(F)F)cc3)c2)CCSC(N)=N1. The summed E-state index contributed by atoms with van der Waals surface area (Å²) in [5, 5.41) is 3.05. The Kier molecular flexibility index (Phi) is 6.07. The number of thioether (sulfide) groups is 1. The van der Waals surface area contributed by atoms with Crippen molar-refractivity contribution in [2.45, 2.75) is 25.1 Å². The summed E-state index contributed by atoms with van der Waals surface area (Å²) < 4.78 is 43.3. The number of ether oxygens (including phenoxy) is 1. The number of halogens is 3. The van der Waals surface area contributed by atoms with Crippen LogP contribution in [0.4, 0.5) is 18.9 Å². The molecule has 1 unspecified atom stereocenters. The first-order chi connectivity index (χ1) is 13.7. The number of carbonyl (C=O) groups is 1. The van der Waals surface area contributed by atoms with Crippen molar-refractivity contribution >= 4 is 28.5 Å². The van der Waals surface area contributed by atoms with Crippen molar-refractivity contribution in [3.63, 3.8) is 0 Å². The van der Waals surface area contributed by atoms with E-state index in [0.29, 0.717) is 10.9 Å². The van der Waals surface area contributed by atoms with E-state index in [0.717, 1.165) is 29.9 Å². The molecule has 3 rings (SSSR count). The summed E-state index contributed by atoms with van der Waals surface area (Å²) in [4.78, 5) is 16.6. The highest BCUT2D eigenvalue weighted by molar-refractivity contribution is 8.13. The van der Waals surface area contributed by atoms with Crippen LogP contribution in [0, 0.1) is 0 Å². The van der Waals surface area contributed by atoms with Crippen molar-refractivity contribution in [2.24, 2.45) is 10.7 Å². The molecule has 0 saturated heterocycles. The number of hydrogen-bond acceptors (Lipinski definition) is 5. The molecular formula is C20H20F3N3O2S. The Morgan fingerprint density at radius 2 is 2.00 bits per heavy atom. The van der Waals surface area contributed by atoms with Gasteiger partial charge < -0.3 is 15.8 Å². The second kappa shape index (κ2) is 8.36. The predicted octanol–water partition coefficient (Wildman–Crippen LogP) is 4.39. The maximum atomic E-state index is 12.6. The van der Waals surface area contributed by atoms with E-state index in [9.17, 15) is 18.0 Å². The molecule has 2 aromatic carbocycles.